The van der Waals surface area contributed by atoms with Gasteiger partial charge in [0.25, 0.3) is 11.2 Å². The molecule has 0 spiro atoms. The maximum absolute atomic E-state index is 11.6. The highest BCUT2D eigenvalue weighted by atomic mass is 79.9. The molecule has 0 unspecified atom stereocenters. The molecule has 0 amide bonds. The van der Waals surface area contributed by atoms with E-state index in [0.29, 0.717) is 6.54 Å². The third-order valence-electron chi connectivity index (χ3n) is 2.06. The number of hydrogen-bond acceptors (Lipinski definition) is 4. The number of nitro groups is 1. The third-order valence-corrected chi connectivity index (χ3v) is 2.63. The quantitative estimate of drug-likeness (QED) is 0.501. The molecule has 1 rings (SSSR count). The van der Waals surface area contributed by atoms with Crippen LogP contribution in [0, 0.1) is 10.1 Å². The molecule has 6 nitrogen and oxygen atoms in total. The van der Waals surface area contributed by atoms with Crippen LogP contribution in [0.2, 0.25) is 0 Å². The standard InChI is InChI=1S/C9H12BrN3O3/c1-11-3-2-4-12-6-7(13(15)16)5-8(10)9(12)14/h5-6,11H,2-4H2,1H3. The van der Waals surface area contributed by atoms with Gasteiger partial charge in [-0.2, -0.15) is 0 Å². The Labute approximate surface area is 101 Å². The van der Waals surface area contributed by atoms with Gasteiger partial charge in [0, 0.05) is 12.6 Å². The summed E-state index contributed by atoms with van der Waals surface area (Å²) < 4.78 is 1.56. The Kier molecular flexibility index (Phi) is 4.63. The van der Waals surface area contributed by atoms with Gasteiger partial charge in [-0.1, -0.05) is 0 Å². The average molecular weight is 290 g/mol. The Morgan fingerprint density at radius 1 is 1.62 bits per heavy atom. The highest BCUT2D eigenvalue weighted by Gasteiger charge is 2.11. The van der Waals surface area contributed by atoms with Crippen molar-refractivity contribution in [2.24, 2.45) is 0 Å². The van der Waals surface area contributed by atoms with Crippen LogP contribution in [-0.4, -0.2) is 23.1 Å². The largest absolute Gasteiger partial charge is 0.320 e. The lowest BCUT2D eigenvalue weighted by atomic mass is 10.3. The molecule has 0 aliphatic carbocycles. The van der Waals surface area contributed by atoms with Gasteiger partial charge in [0.15, 0.2) is 0 Å². The van der Waals surface area contributed by atoms with Crippen LogP contribution >= 0.6 is 15.9 Å². The fraction of sp³-hybridized carbons (Fsp3) is 0.444. The van der Waals surface area contributed by atoms with E-state index >= 15 is 0 Å². The lowest BCUT2D eigenvalue weighted by Gasteiger charge is -2.05. The molecular weight excluding hydrogens is 278 g/mol. The number of hydrogen-bond donors (Lipinski definition) is 1. The fourth-order valence-electron chi connectivity index (χ4n) is 1.28. The van der Waals surface area contributed by atoms with Crippen LogP contribution in [0.1, 0.15) is 6.42 Å². The average Bonchev–Trinajstić information content (AvgIpc) is 2.24. The molecule has 0 bridgehead atoms. The molecular formula is C9H12BrN3O3. The van der Waals surface area contributed by atoms with E-state index in [1.165, 1.54) is 16.8 Å². The smallest absolute Gasteiger partial charge is 0.286 e. The van der Waals surface area contributed by atoms with Crippen LogP contribution in [0.4, 0.5) is 5.69 Å². The number of nitrogens with one attached hydrogen (secondary N) is 1. The zero-order valence-corrected chi connectivity index (χ0v) is 10.4. The van der Waals surface area contributed by atoms with Crippen LogP contribution in [0.15, 0.2) is 21.5 Å². The first-order chi connectivity index (χ1) is 7.56. The maximum atomic E-state index is 11.6. The van der Waals surface area contributed by atoms with Crippen LogP contribution in [-0.2, 0) is 6.54 Å². The Hall–Kier alpha value is -1.21. The minimum absolute atomic E-state index is 0.0871. The molecule has 0 aliphatic heterocycles. The lowest BCUT2D eigenvalue weighted by Crippen LogP contribution is -2.22. The predicted octanol–water partition coefficient (Wildman–Crippen LogP) is 1.13. The number of aryl methyl sites for hydroxylation is 1. The second kappa shape index (κ2) is 5.76. The van der Waals surface area contributed by atoms with Crippen LogP contribution in [0.3, 0.4) is 0 Å². The zero-order chi connectivity index (χ0) is 12.1. The van der Waals surface area contributed by atoms with E-state index in [2.05, 4.69) is 21.2 Å². The Bertz CT molecular complexity index is 444. The van der Waals surface area contributed by atoms with Gasteiger partial charge >= 0.3 is 0 Å². The molecule has 88 valence electrons. The molecule has 0 aliphatic rings. The maximum Gasteiger partial charge on any atom is 0.286 e. The summed E-state index contributed by atoms with van der Waals surface area (Å²) in [5.41, 5.74) is -0.336. The molecule has 7 heteroatoms. The zero-order valence-electron chi connectivity index (χ0n) is 8.77. The molecule has 16 heavy (non-hydrogen) atoms. The van der Waals surface area contributed by atoms with E-state index in [-0.39, 0.29) is 15.7 Å². The normalized spacial score (nSPS) is 10.4. The van der Waals surface area contributed by atoms with Crippen molar-refractivity contribution in [1.82, 2.24) is 9.88 Å². The summed E-state index contributed by atoms with van der Waals surface area (Å²) in [5, 5.41) is 13.6. The summed E-state index contributed by atoms with van der Waals surface area (Å²) >= 11 is 3.02. The Balaban J connectivity index is 2.98. The van der Waals surface area contributed by atoms with E-state index in [4.69, 9.17) is 0 Å². The first kappa shape index (κ1) is 12.9. The van der Waals surface area contributed by atoms with Crippen molar-refractivity contribution in [2.45, 2.75) is 13.0 Å². The predicted molar refractivity (Wildman–Crippen MR) is 63.6 cm³/mol. The van der Waals surface area contributed by atoms with Crippen molar-refractivity contribution in [2.75, 3.05) is 13.6 Å². The summed E-state index contributed by atoms with van der Waals surface area (Å²) in [6.45, 7) is 1.21. The molecule has 0 fully saturated rings. The van der Waals surface area contributed by atoms with Crippen molar-refractivity contribution in [1.29, 1.82) is 0 Å². The second-order valence-corrected chi connectivity index (χ2v) is 4.11. The molecule has 1 aromatic heterocycles. The molecule has 1 heterocycles. The summed E-state index contributed by atoms with van der Waals surface area (Å²) in [7, 11) is 1.81. The fourth-order valence-corrected chi connectivity index (χ4v) is 1.74. The first-order valence-electron chi connectivity index (χ1n) is 4.75. The van der Waals surface area contributed by atoms with Crippen molar-refractivity contribution < 1.29 is 4.92 Å². The van der Waals surface area contributed by atoms with Gasteiger partial charge in [0.2, 0.25) is 0 Å². The van der Waals surface area contributed by atoms with Gasteiger partial charge in [-0.05, 0) is 35.9 Å². The van der Waals surface area contributed by atoms with Gasteiger partial charge in [0.05, 0.1) is 15.6 Å². The van der Waals surface area contributed by atoms with Crippen molar-refractivity contribution in [3.05, 3.63) is 37.2 Å². The lowest BCUT2D eigenvalue weighted by molar-refractivity contribution is -0.385. The summed E-state index contributed by atoms with van der Waals surface area (Å²) in [6.07, 6.45) is 2.01. The molecule has 0 aromatic carbocycles. The highest BCUT2D eigenvalue weighted by Crippen LogP contribution is 2.14. The summed E-state index contributed by atoms with van der Waals surface area (Å²) in [5.74, 6) is 0. The van der Waals surface area contributed by atoms with Crippen LogP contribution in [0.25, 0.3) is 0 Å². The topological polar surface area (TPSA) is 77.2 Å². The van der Waals surface area contributed by atoms with E-state index in [0.717, 1.165) is 13.0 Å². The van der Waals surface area contributed by atoms with Crippen LogP contribution in [0.5, 0.6) is 0 Å². The number of aromatic nitrogens is 1. The molecule has 0 radical (unpaired) electrons. The number of nitrogens with zero attached hydrogens (tertiary/aromatic N) is 2. The molecule has 0 saturated carbocycles. The Morgan fingerprint density at radius 3 is 2.88 bits per heavy atom. The minimum Gasteiger partial charge on any atom is -0.320 e. The molecule has 0 saturated heterocycles. The Morgan fingerprint density at radius 2 is 2.31 bits per heavy atom. The molecule has 1 aromatic rings. The van der Waals surface area contributed by atoms with E-state index in [9.17, 15) is 14.9 Å². The van der Waals surface area contributed by atoms with Crippen molar-refractivity contribution in [3.8, 4) is 0 Å². The van der Waals surface area contributed by atoms with Gasteiger partial charge in [-0.15, -0.1) is 0 Å². The van der Waals surface area contributed by atoms with Crippen molar-refractivity contribution in [3.63, 3.8) is 0 Å². The van der Waals surface area contributed by atoms with Gasteiger partial charge in [0.1, 0.15) is 0 Å². The number of rotatable bonds is 5. The molecule has 1 N–H and O–H groups in total. The number of halogens is 1. The second-order valence-electron chi connectivity index (χ2n) is 3.26. The summed E-state index contributed by atoms with van der Waals surface area (Å²) in [4.78, 5) is 21.7. The first-order valence-corrected chi connectivity index (χ1v) is 5.54. The minimum atomic E-state index is -0.515. The van der Waals surface area contributed by atoms with E-state index in [1.807, 2.05) is 7.05 Å². The van der Waals surface area contributed by atoms with Crippen molar-refractivity contribution >= 4 is 21.6 Å². The van der Waals surface area contributed by atoms with E-state index in [1.54, 1.807) is 0 Å². The number of pyridine rings is 1. The van der Waals surface area contributed by atoms with Gasteiger partial charge in [-0.3, -0.25) is 14.9 Å². The van der Waals surface area contributed by atoms with E-state index < -0.39 is 4.92 Å². The van der Waals surface area contributed by atoms with Gasteiger partial charge < -0.3 is 9.88 Å². The summed E-state index contributed by atoms with van der Waals surface area (Å²) in [6, 6.07) is 1.22. The molecule has 0 atom stereocenters. The van der Waals surface area contributed by atoms with Crippen LogP contribution < -0.4 is 10.9 Å². The van der Waals surface area contributed by atoms with Gasteiger partial charge in [-0.25, -0.2) is 0 Å². The monoisotopic (exact) mass is 289 g/mol. The third kappa shape index (κ3) is 3.14. The highest BCUT2D eigenvalue weighted by molar-refractivity contribution is 9.10. The SMILES string of the molecule is CNCCCn1cc([N+](=O)[O-])cc(Br)c1=O.